The van der Waals surface area contributed by atoms with Gasteiger partial charge in [0, 0.05) is 25.5 Å². The predicted octanol–water partition coefficient (Wildman–Crippen LogP) is 1.88. The first-order valence-corrected chi connectivity index (χ1v) is 3.80. The van der Waals surface area contributed by atoms with Gasteiger partial charge in [-0.25, -0.2) is 0 Å². The molecule has 0 radical (unpaired) electrons. The van der Waals surface area contributed by atoms with E-state index in [4.69, 9.17) is 12.2 Å². The van der Waals surface area contributed by atoms with Crippen molar-refractivity contribution in [3.63, 3.8) is 0 Å². The molecule has 0 saturated heterocycles. The van der Waals surface area contributed by atoms with Gasteiger partial charge in [0.25, 0.3) is 0 Å². The first-order valence-electron chi connectivity index (χ1n) is 3.39. The van der Waals surface area contributed by atoms with Crippen molar-refractivity contribution in [2.75, 3.05) is 0 Å². The minimum absolute atomic E-state index is 0.903. The molecule has 0 aliphatic heterocycles. The van der Waals surface area contributed by atoms with E-state index in [0.717, 1.165) is 11.3 Å². The Bertz CT molecular complexity index is 282. The molecule has 0 aliphatic carbocycles. The third-order valence-corrected chi connectivity index (χ3v) is 2.25. The molecule has 0 atom stereocenters. The Morgan fingerprint density at radius 1 is 1.60 bits per heavy atom. The Morgan fingerprint density at radius 3 is 2.40 bits per heavy atom. The van der Waals surface area contributed by atoms with Crippen molar-refractivity contribution in [2.45, 2.75) is 20.4 Å². The lowest BCUT2D eigenvalue weighted by Crippen LogP contribution is -1.94. The van der Waals surface area contributed by atoms with Crippen LogP contribution >= 0.6 is 12.2 Å². The van der Waals surface area contributed by atoms with Gasteiger partial charge in [-0.15, -0.1) is 0 Å². The average molecular weight is 156 g/mol. The fourth-order valence-electron chi connectivity index (χ4n) is 0.937. The van der Waals surface area contributed by atoms with Gasteiger partial charge in [0.1, 0.15) is 0 Å². The molecule has 2 nitrogen and oxygen atoms in total. The topological polar surface area (TPSA) is 9.86 Å². The molecule has 0 unspecified atom stereocenters. The van der Waals surface area contributed by atoms with Crippen LogP contribution in [0.15, 0.2) is 6.20 Å². The lowest BCUT2D eigenvalue weighted by molar-refractivity contribution is 0.719. The van der Waals surface area contributed by atoms with E-state index >= 15 is 0 Å². The second kappa shape index (κ2) is 2.58. The number of aromatic nitrogens is 2. The molecule has 1 rings (SSSR count). The van der Waals surface area contributed by atoms with Crippen LogP contribution in [0.3, 0.4) is 0 Å². The molecule has 0 aliphatic rings. The van der Waals surface area contributed by atoms with E-state index < -0.39 is 0 Å². The highest BCUT2D eigenvalue weighted by atomic mass is 32.1. The van der Waals surface area contributed by atoms with Crippen molar-refractivity contribution < 1.29 is 0 Å². The van der Waals surface area contributed by atoms with E-state index in [2.05, 4.69) is 24.6 Å². The number of hydrogen-bond acceptors (Lipinski definition) is 1. The Balaban J connectivity index is 3.31. The van der Waals surface area contributed by atoms with Gasteiger partial charge in [-0.2, -0.15) is 0 Å². The summed E-state index contributed by atoms with van der Waals surface area (Å²) in [7, 11) is 1.99. The van der Waals surface area contributed by atoms with E-state index in [9.17, 15) is 0 Å². The van der Waals surface area contributed by atoms with E-state index in [1.807, 2.05) is 11.6 Å². The van der Waals surface area contributed by atoms with Gasteiger partial charge >= 0.3 is 0 Å². The Hall–Kier alpha value is -0.570. The van der Waals surface area contributed by atoms with Crippen molar-refractivity contribution in [2.24, 2.45) is 7.05 Å². The van der Waals surface area contributed by atoms with Crippen LogP contribution in [0.25, 0.3) is 0 Å². The van der Waals surface area contributed by atoms with Crippen LogP contribution in [0, 0.1) is 11.7 Å². The van der Waals surface area contributed by atoms with E-state index in [-0.39, 0.29) is 0 Å². The molecule has 0 aromatic carbocycles. The molecular weight excluding hydrogens is 144 g/mol. The normalized spacial score (nSPS) is 10.3. The maximum Gasteiger partial charge on any atom is 0.179 e. The maximum absolute atomic E-state index is 5.14. The number of aryl methyl sites for hydroxylation is 2. The summed E-state index contributed by atoms with van der Waals surface area (Å²) in [4.78, 5) is 0. The Kier molecular flexibility index (Phi) is 1.94. The first kappa shape index (κ1) is 7.54. The molecular formula is C7H12N2S. The standard InChI is InChI=1S/C7H12N2S/c1-4-9-5-6(2)8(3)7(9)10/h5H,4H2,1-3H3. The minimum Gasteiger partial charge on any atom is -0.324 e. The monoisotopic (exact) mass is 156 g/mol. The summed E-state index contributed by atoms with van der Waals surface area (Å²) in [5, 5.41) is 0. The highest BCUT2D eigenvalue weighted by Crippen LogP contribution is 2.00. The van der Waals surface area contributed by atoms with Crippen molar-refractivity contribution in [3.05, 3.63) is 16.7 Å². The van der Waals surface area contributed by atoms with Crippen LogP contribution in [0.2, 0.25) is 0 Å². The van der Waals surface area contributed by atoms with Crippen molar-refractivity contribution in [3.8, 4) is 0 Å². The van der Waals surface area contributed by atoms with Crippen molar-refractivity contribution >= 4 is 12.2 Å². The smallest absolute Gasteiger partial charge is 0.179 e. The first-order chi connectivity index (χ1) is 4.66. The molecule has 0 spiro atoms. The van der Waals surface area contributed by atoms with Crippen LogP contribution < -0.4 is 0 Å². The van der Waals surface area contributed by atoms with Gasteiger partial charge in [-0.3, -0.25) is 0 Å². The fourth-order valence-corrected chi connectivity index (χ4v) is 1.26. The number of hydrogen-bond donors (Lipinski definition) is 0. The highest BCUT2D eigenvalue weighted by Gasteiger charge is 1.96. The molecule has 56 valence electrons. The van der Waals surface area contributed by atoms with Crippen molar-refractivity contribution in [1.29, 1.82) is 0 Å². The lowest BCUT2D eigenvalue weighted by Gasteiger charge is -1.93. The predicted molar refractivity (Wildman–Crippen MR) is 44.6 cm³/mol. The lowest BCUT2D eigenvalue weighted by atomic mass is 10.5. The summed E-state index contributed by atoms with van der Waals surface area (Å²) in [5.74, 6) is 0. The van der Waals surface area contributed by atoms with Crippen LogP contribution in [-0.2, 0) is 13.6 Å². The summed E-state index contributed by atoms with van der Waals surface area (Å²) in [6.07, 6.45) is 2.07. The van der Waals surface area contributed by atoms with Gasteiger partial charge in [0.05, 0.1) is 0 Å². The van der Waals surface area contributed by atoms with Crippen LogP contribution in [0.1, 0.15) is 12.6 Å². The molecule has 0 bridgehead atoms. The van der Waals surface area contributed by atoms with Gasteiger partial charge in [-0.1, -0.05) is 0 Å². The summed E-state index contributed by atoms with van der Waals surface area (Å²) in [5.41, 5.74) is 1.21. The summed E-state index contributed by atoms with van der Waals surface area (Å²) in [6, 6.07) is 0. The zero-order valence-electron chi connectivity index (χ0n) is 6.59. The van der Waals surface area contributed by atoms with Gasteiger partial charge in [0.15, 0.2) is 4.77 Å². The maximum atomic E-state index is 5.14. The number of rotatable bonds is 1. The summed E-state index contributed by atoms with van der Waals surface area (Å²) >= 11 is 5.14. The molecule has 3 heteroatoms. The summed E-state index contributed by atoms with van der Waals surface area (Å²) < 4.78 is 4.98. The molecule has 0 N–H and O–H groups in total. The number of imidazole rings is 1. The molecule has 0 fully saturated rings. The van der Waals surface area contributed by atoms with Crippen LogP contribution in [0.4, 0.5) is 0 Å². The largest absolute Gasteiger partial charge is 0.324 e. The zero-order valence-corrected chi connectivity index (χ0v) is 7.40. The SMILES string of the molecule is CCn1cc(C)n(C)c1=S. The molecule has 1 aromatic rings. The van der Waals surface area contributed by atoms with Crippen LogP contribution in [-0.4, -0.2) is 9.13 Å². The van der Waals surface area contributed by atoms with E-state index in [1.165, 1.54) is 5.69 Å². The van der Waals surface area contributed by atoms with Gasteiger partial charge < -0.3 is 9.13 Å². The molecule has 0 saturated carbocycles. The summed E-state index contributed by atoms with van der Waals surface area (Å²) in [6.45, 7) is 5.11. The minimum atomic E-state index is 0.903. The van der Waals surface area contributed by atoms with Gasteiger partial charge in [-0.05, 0) is 26.1 Å². The van der Waals surface area contributed by atoms with E-state index in [1.54, 1.807) is 0 Å². The Morgan fingerprint density at radius 2 is 2.20 bits per heavy atom. The second-order valence-electron chi connectivity index (χ2n) is 2.40. The number of nitrogens with zero attached hydrogens (tertiary/aromatic N) is 2. The zero-order chi connectivity index (χ0) is 7.72. The third kappa shape index (κ3) is 1.01. The fraction of sp³-hybridized carbons (Fsp3) is 0.571. The van der Waals surface area contributed by atoms with Crippen molar-refractivity contribution in [1.82, 2.24) is 9.13 Å². The molecule has 1 aromatic heterocycles. The molecule has 1 heterocycles. The Labute approximate surface area is 66.1 Å². The van der Waals surface area contributed by atoms with Gasteiger partial charge in [0.2, 0.25) is 0 Å². The highest BCUT2D eigenvalue weighted by molar-refractivity contribution is 7.71. The quantitative estimate of drug-likeness (QED) is 0.564. The molecule has 10 heavy (non-hydrogen) atoms. The second-order valence-corrected chi connectivity index (χ2v) is 2.76. The average Bonchev–Trinajstić information content (AvgIpc) is 2.17. The molecule has 0 amide bonds. The third-order valence-electron chi connectivity index (χ3n) is 1.75. The van der Waals surface area contributed by atoms with E-state index in [0.29, 0.717) is 0 Å². The van der Waals surface area contributed by atoms with Crippen LogP contribution in [0.5, 0.6) is 0 Å².